The van der Waals surface area contributed by atoms with Crippen LogP contribution in [0, 0.1) is 29.1 Å². The highest BCUT2D eigenvalue weighted by Crippen LogP contribution is 2.59. The molecule has 3 rings (SSSR count). The van der Waals surface area contributed by atoms with Crippen LogP contribution in [0.5, 0.6) is 0 Å². The zero-order chi connectivity index (χ0) is 20.3. The fourth-order valence-corrected chi connectivity index (χ4v) is 6.62. The lowest BCUT2D eigenvalue weighted by Crippen LogP contribution is -2.35. The molecule has 158 valence electrons. The molecule has 0 amide bonds. The highest BCUT2D eigenvalue weighted by Gasteiger charge is 2.50. The zero-order valence-electron chi connectivity index (χ0n) is 19.2. The fraction of sp³-hybridized carbons (Fsp3) is 0.815. The van der Waals surface area contributed by atoms with Crippen molar-refractivity contribution in [2.24, 2.45) is 29.1 Å². The molecule has 0 heterocycles. The predicted octanol–water partition coefficient (Wildman–Crippen LogP) is 7.61. The number of aliphatic hydroxyl groups is 1. The second-order valence-corrected chi connectivity index (χ2v) is 10.9. The van der Waals surface area contributed by atoms with Crippen molar-refractivity contribution in [1.82, 2.24) is 0 Å². The van der Waals surface area contributed by atoms with E-state index in [2.05, 4.69) is 46.4 Å². The van der Waals surface area contributed by atoms with Gasteiger partial charge in [0, 0.05) is 0 Å². The average molecular weight is 385 g/mol. The summed E-state index contributed by atoms with van der Waals surface area (Å²) in [7, 11) is 0. The van der Waals surface area contributed by atoms with Crippen LogP contribution >= 0.6 is 0 Å². The van der Waals surface area contributed by atoms with E-state index in [-0.39, 0.29) is 6.10 Å². The molecule has 0 aromatic rings. The van der Waals surface area contributed by atoms with Crippen LogP contribution in [0.2, 0.25) is 0 Å². The molecule has 1 heteroatoms. The third-order valence-corrected chi connectivity index (χ3v) is 8.41. The Hall–Kier alpha value is -0.780. The van der Waals surface area contributed by atoms with Crippen molar-refractivity contribution in [3.63, 3.8) is 0 Å². The summed E-state index contributed by atoms with van der Waals surface area (Å²) in [5, 5.41) is 10.0. The second-order valence-electron chi connectivity index (χ2n) is 10.9. The summed E-state index contributed by atoms with van der Waals surface area (Å²) < 4.78 is 0. The van der Waals surface area contributed by atoms with Gasteiger partial charge in [-0.05, 0) is 105 Å². The summed E-state index contributed by atoms with van der Waals surface area (Å²) in [6.07, 6.45) is 15.8. The summed E-state index contributed by atoms with van der Waals surface area (Å²) in [5.41, 5.74) is 8.66. The van der Waals surface area contributed by atoms with Gasteiger partial charge in [0.15, 0.2) is 0 Å². The van der Waals surface area contributed by atoms with Gasteiger partial charge in [0.25, 0.3) is 0 Å². The van der Waals surface area contributed by atoms with Gasteiger partial charge in [-0.3, -0.25) is 0 Å². The number of hydrogen-bond acceptors (Lipinski definition) is 1. The molecule has 1 N–H and O–H groups in total. The van der Waals surface area contributed by atoms with Crippen molar-refractivity contribution in [2.75, 3.05) is 0 Å². The quantitative estimate of drug-likeness (QED) is 0.467. The van der Waals surface area contributed by atoms with Crippen LogP contribution in [-0.2, 0) is 0 Å². The third kappa shape index (κ3) is 4.85. The van der Waals surface area contributed by atoms with Crippen LogP contribution in [-0.4, -0.2) is 11.2 Å². The van der Waals surface area contributed by atoms with E-state index in [4.69, 9.17) is 0 Å². The molecule has 3 aliphatic rings. The Labute approximate surface area is 174 Å². The summed E-state index contributed by atoms with van der Waals surface area (Å²) in [6.45, 7) is 12.1. The molecule has 28 heavy (non-hydrogen) atoms. The van der Waals surface area contributed by atoms with Gasteiger partial charge in [0.2, 0.25) is 0 Å². The van der Waals surface area contributed by atoms with E-state index >= 15 is 0 Å². The van der Waals surface area contributed by atoms with Crippen molar-refractivity contribution >= 4 is 0 Å². The van der Waals surface area contributed by atoms with E-state index in [0.717, 1.165) is 42.9 Å². The molecule has 0 radical (unpaired) electrons. The first-order valence-electron chi connectivity index (χ1n) is 12.1. The molecule has 0 aromatic carbocycles. The maximum absolute atomic E-state index is 10.0. The molecule has 5 atom stereocenters. The molecule has 0 bridgehead atoms. The molecule has 5 unspecified atom stereocenters. The van der Waals surface area contributed by atoms with E-state index in [1.54, 1.807) is 5.57 Å². The monoisotopic (exact) mass is 384 g/mol. The van der Waals surface area contributed by atoms with Crippen LogP contribution in [0.4, 0.5) is 0 Å². The minimum atomic E-state index is -0.152. The van der Waals surface area contributed by atoms with E-state index in [9.17, 15) is 5.11 Å². The SMILES string of the molecule is CC1=C(C=C=C2CCCC3(C)C2CCC3C(C)CCCC(C)C)CC(O)CC1. The number of allylic oxidation sites excluding steroid dienone is 2. The first kappa shape index (κ1) is 21.9. The number of hydrogen-bond donors (Lipinski definition) is 1. The van der Waals surface area contributed by atoms with E-state index < -0.39 is 0 Å². The molecule has 0 aromatic heterocycles. The summed E-state index contributed by atoms with van der Waals surface area (Å²) >= 11 is 0. The molecule has 2 fully saturated rings. The van der Waals surface area contributed by atoms with Gasteiger partial charge in [0.05, 0.1) is 6.10 Å². The first-order valence-corrected chi connectivity index (χ1v) is 12.1. The Morgan fingerprint density at radius 3 is 2.68 bits per heavy atom. The molecule has 0 aliphatic heterocycles. The van der Waals surface area contributed by atoms with Crippen molar-refractivity contribution in [2.45, 2.75) is 111 Å². The molecule has 3 aliphatic carbocycles. The van der Waals surface area contributed by atoms with Gasteiger partial charge >= 0.3 is 0 Å². The Balaban J connectivity index is 1.73. The maximum Gasteiger partial charge on any atom is 0.0583 e. The lowest BCUT2D eigenvalue weighted by Gasteiger charge is -2.44. The molecule has 1 nitrogen and oxygen atoms in total. The van der Waals surface area contributed by atoms with Crippen LogP contribution in [0.1, 0.15) is 105 Å². The minimum absolute atomic E-state index is 0.152. The zero-order valence-corrected chi connectivity index (χ0v) is 19.2. The summed E-state index contributed by atoms with van der Waals surface area (Å²) in [4.78, 5) is 0. The molecule has 0 spiro atoms. The molecular formula is C27H44O. The smallest absolute Gasteiger partial charge is 0.0583 e. The number of rotatable bonds is 6. The summed E-state index contributed by atoms with van der Waals surface area (Å²) in [6, 6.07) is 0. The second kappa shape index (κ2) is 9.36. The first-order chi connectivity index (χ1) is 13.3. The van der Waals surface area contributed by atoms with Gasteiger partial charge in [-0.1, -0.05) is 52.5 Å². The fourth-order valence-electron chi connectivity index (χ4n) is 6.62. The highest BCUT2D eigenvalue weighted by molar-refractivity contribution is 5.29. The lowest BCUT2D eigenvalue weighted by atomic mass is 9.61. The molecule has 0 saturated heterocycles. The Kier molecular flexibility index (Phi) is 7.32. The highest BCUT2D eigenvalue weighted by atomic mass is 16.3. The van der Waals surface area contributed by atoms with Gasteiger partial charge in [-0.2, -0.15) is 0 Å². The third-order valence-electron chi connectivity index (χ3n) is 8.41. The van der Waals surface area contributed by atoms with Crippen LogP contribution in [0.15, 0.2) is 28.5 Å². The van der Waals surface area contributed by atoms with E-state index in [1.165, 1.54) is 62.5 Å². The largest absolute Gasteiger partial charge is 0.393 e. The maximum atomic E-state index is 10.0. The number of aliphatic hydroxyl groups excluding tert-OH is 1. The molecular weight excluding hydrogens is 340 g/mol. The van der Waals surface area contributed by atoms with Crippen molar-refractivity contribution in [3.8, 4) is 0 Å². The van der Waals surface area contributed by atoms with Crippen LogP contribution in [0.3, 0.4) is 0 Å². The standard InChI is InChI=1S/C27H44O/c1-19(2)8-6-9-21(4)25-15-16-26-22(10-7-17-27(25,26)5)12-13-23-18-24(28)14-11-20(23)3/h13,19,21,24-26,28H,6-11,14-18H2,1-5H3. The van der Waals surface area contributed by atoms with E-state index in [1.807, 2.05) is 0 Å². The van der Waals surface area contributed by atoms with Gasteiger partial charge in [0.1, 0.15) is 0 Å². The van der Waals surface area contributed by atoms with Gasteiger partial charge in [-0.15, -0.1) is 5.73 Å². The normalized spacial score (nSPS) is 34.4. The van der Waals surface area contributed by atoms with Gasteiger partial charge in [-0.25, -0.2) is 0 Å². The van der Waals surface area contributed by atoms with Gasteiger partial charge < -0.3 is 5.11 Å². The topological polar surface area (TPSA) is 20.2 Å². The Morgan fingerprint density at radius 1 is 1.14 bits per heavy atom. The molecule has 2 saturated carbocycles. The minimum Gasteiger partial charge on any atom is -0.393 e. The van der Waals surface area contributed by atoms with Crippen molar-refractivity contribution < 1.29 is 5.11 Å². The summed E-state index contributed by atoms with van der Waals surface area (Å²) in [5.74, 6) is 3.32. The average Bonchev–Trinajstić information content (AvgIpc) is 2.99. The lowest BCUT2D eigenvalue weighted by molar-refractivity contribution is 0.0930. The van der Waals surface area contributed by atoms with Crippen molar-refractivity contribution in [1.29, 1.82) is 0 Å². The Morgan fingerprint density at radius 2 is 1.93 bits per heavy atom. The van der Waals surface area contributed by atoms with Crippen molar-refractivity contribution in [3.05, 3.63) is 28.5 Å². The van der Waals surface area contributed by atoms with E-state index in [0.29, 0.717) is 5.41 Å². The van der Waals surface area contributed by atoms with Crippen LogP contribution < -0.4 is 0 Å². The Bertz CT molecular complexity index is 633. The predicted molar refractivity (Wildman–Crippen MR) is 120 cm³/mol. The number of fused-ring (bicyclic) bond motifs is 1. The van der Waals surface area contributed by atoms with Crippen LogP contribution in [0.25, 0.3) is 0 Å².